The number of hydrogen-bond acceptors (Lipinski definition) is 4. The maximum atomic E-state index is 4.61. The van der Waals surface area contributed by atoms with Crippen molar-refractivity contribution in [3.63, 3.8) is 0 Å². The Morgan fingerprint density at radius 1 is 1.05 bits per heavy atom. The summed E-state index contributed by atoms with van der Waals surface area (Å²) in [5.74, 6) is 3.81. The molecule has 1 fully saturated rings. The third-order valence-electron chi connectivity index (χ3n) is 3.89. The van der Waals surface area contributed by atoms with Crippen LogP contribution in [0, 0.1) is 5.92 Å². The first-order chi connectivity index (χ1) is 9.81. The lowest BCUT2D eigenvalue weighted by molar-refractivity contribution is 0.303. The highest BCUT2D eigenvalue weighted by Gasteiger charge is 2.16. The number of nitrogens with one attached hydrogen (secondary N) is 2. The fraction of sp³-hybridized carbons (Fsp3) is 0.750. The number of anilines is 2. The highest BCUT2D eigenvalue weighted by molar-refractivity contribution is 5.47. The number of aromatic nitrogens is 2. The summed E-state index contributed by atoms with van der Waals surface area (Å²) in [5, 5.41) is 6.83. The summed E-state index contributed by atoms with van der Waals surface area (Å²) < 4.78 is 0. The lowest BCUT2D eigenvalue weighted by atomic mass is 9.83. The molecule has 4 heteroatoms. The third kappa shape index (κ3) is 4.66. The van der Waals surface area contributed by atoms with Gasteiger partial charge in [0.15, 0.2) is 0 Å². The van der Waals surface area contributed by atoms with Gasteiger partial charge < -0.3 is 10.6 Å². The molecule has 0 radical (unpaired) electrons. The number of aryl methyl sites for hydroxylation is 1. The van der Waals surface area contributed by atoms with Crippen molar-refractivity contribution in [3.8, 4) is 0 Å². The standard InChI is InChI=1S/C16H28N4/c1-3-6-14-19-15(17-10-4-2)12-16(20-14)18-11-9-13-7-5-8-13/h12-13H,3-11H2,1-2H3,(H2,17,18,19,20). The van der Waals surface area contributed by atoms with Gasteiger partial charge in [-0.05, 0) is 25.2 Å². The van der Waals surface area contributed by atoms with E-state index in [-0.39, 0.29) is 0 Å². The molecule has 112 valence electrons. The first kappa shape index (κ1) is 15.1. The molecule has 1 aromatic heterocycles. The first-order valence-electron chi connectivity index (χ1n) is 8.17. The highest BCUT2D eigenvalue weighted by atomic mass is 15.1. The maximum absolute atomic E-state index is 4.61. The summed E-state index contributed by atoms with van der Waals surface area (Å²) in [6.45, 7) is 6.32. The van der Waals surface area contributed by atoms with Gasteiger partial charge in [0.1, 0.15) is 17.5 Å². The van der Waals surface area contributed by atoms with Crippen LogP contribution in [0.1, 0.15) is 58.2 Å². The van der Waals surface area contributed by atoms with Gasteiger partial charge in [-0.15, -0.1) is 0 Å². The van der Waals surface area contributed by atoms with Gasteiger partial charge in [0.2, 0.25) is 0 Å². The van der Waals surface area contributed by atoms with Gasteiger partial charge in [-0.25, -0.2) is 9.97 Å². The van der Waals surface area contributed by atoms with E-state index in [1.54, 1.807) is 0 Å². The molecule has 0 amide bonds. The smallest absolute Gasteiger partial charge is 0.133 e. The molecule has 1 heterocycles. The van der Waals surface area contributed by atoms with Gasteiger partial charge in [0.25, 0.3) is 0 Å². The van der Waals surface area contributed by atoms with Crippen molar-refractivity contribution < 1.29 is 0 Å². The number of nitrogens with zero attached hydrogens (tertiary/aromatic N) is 2. The topological polar surface area (TPSA) is 49.8 Å². The summed E-state index contributed by atoms with van der Waals surface area (Å²) in [6, 6.07) is 2.04. The van der Waals surface area contributed by atoms with E-state index in [1.165, 1.54) is 25.7 Å². The largest absolute Gasteiger partial charge is 0.370 e. The molecule has 0 unspecified atom stereocenters. The molecule has 1 saturated carbocycles. The van der Waals surface area contributed by atoms with Crippen molar-refractivity contribution in [2.45, 2.75) is 58.8 Å². The van der Waals surface area contributed by atoms with Crippen LogP contribution in [0.5, 0.6) is 0 Å². The van der Waals surface area contributed by atoms with E-state index in [2.05, 4.69) is 34.4 Å². The summed E-state index contributed by atoms with van der Waals surface area (Å²) in [7, 11) is 0. The average Bonchev–Trinajstić information content (AvgIpc) is 2.39. The predicted molar refractivity (Wildman–Crippen MR) is 85.3 cm³/mol. The minimum absolute atomic E-state index is 0.942. The zero-order valence-corrected chi connectivity index (χ0v) is 12.9. The normalized spacial score (nSPS) is 14.9. The fourth-order valence-electron chi connectivity index (χ4n) is 2.45. The molecular weight excluding hydrogens is 248 g/mol. The molecule has 1 aromatic rings. The van der Waals surface area contributed by atoms with E-state index < -0.39 is 0 Å². The van der Waals surface area contributed by atoms with Gasteiger partial charge in [-0.1, -0.05) is 33.1 Å². The molecule has 0 bridgehead atoms. The quantitative estimate of drug-likeness (QED) is 0.719. The van der Waals surface area contributed by atoms with E-state index in [9.17, 15) is 0 Å². The summed E-state index contributed by atoms with van der Waals surface area (Å²) in [6.07, 6.45) is 8.65. The molecule has 0 spiro atoms. The Balaban J connectivity index is 1.91. The Labute approximate surface area is 122 Å². The Bertz CT molecular complexity index is 401. The first-order valence-corrected chi connectivity index (χ1v) is 8.17. The van der Waals surface area contributed by atoms with Crippen LogP contribution in [0.4, 0.5) is 11.6 Å². The van der Waals surface area contributed by atoms with Crippen molar-refractivity contribution in [2.75, 3.05) is 23.7 Å². The van der Waals surface area contributed by atoms with Crippen LogP contribution in [-0.2, 0) is 6.42 Å². The predicted octanol–water partition coefficient (Wildman–Crippen LogP) is 3.85. The van der Waals surface area contributed by atoms with Gasteiger partial charge in [-0.3, -0.25) is 0 Å². The van der Waals surface area contributed by atoms with E-state index in [0.717, 1.165) is 55.7 Å². The van der Waals surface area contributed by atoms with E-state index >= 15 is 0 Å². The van der Waals surface area contributed by atoms with Crippen molar-refractivity contribution in [3.05, 3.63) is 11.9 Å². The molecular formula is C16H28N4. The van der Waals surface area contributed by atoms with E-state index in [4.69, 9.17) is 0 Å². The van der Waals surface area contributed by atoms with Crippen LogP contribution in [-0.4, -0.2) is 23.1 Å². The van der Waals surface area contributed by atoms with Crippen LogP contribution in [0.15, 0.2) is 6.07 Å². The molecule has 1 aliphatic rings. The molecule has 2 rings (SSSR count). The zero-order valence-electron chi connectivity index (χ0n) is 12.9. The highest BCUT2D eigenvalue weighted by Crippen LogP contribution is 2.29. The molecule has 4 nitrogen and oxygen atoms in total. The lowest BCUT2D eigenvalue weighted by Gasteiger charge is -2.25. The van der Waals surface area contributed by atoms with E-state index in [1.807, 2.05) is 6.07 Å². The fourth-order valence-corrected chi connectivity index (χ4v) is 2.45. The lowest BCUT2D eigenvalue weighted by Crippen LogP contribution is -2.16. The molecule has 0 aliphatic heterocycles. The molecule has 1 aliphatic carbocycles. The van der Waals surface area contributed by atoms with Crippen molar-refractivity contribution in [1.29, 1.82) is 0 Å². The van der Waals surface area contributed by atoms with Gasteiger partial charge >= 0.3 is 0 Å². The summed E-state index contributed by atoms with van der Waals surface area (Å²) >= 11 is 0. The monoisotopic (exact) mass is 276 g/mol. The van der Waals surface area contributed by atoms with Gasteiger partial charge in [-0.2, -0.15) is 0 Å². The zero-order chi connectivity index (χ0) is 14.2. The Morgan fingerprint density at radius 3 is 2.30 bits per heavy atom. The van der Waals surface area contributed by atoms with Crippen LogP contribution < -0.4 is 10.6 Å². The second kappa shape index (κ2) is 8.08. The van der Waals surface area contributed by atoms with Crippen molar-refractivity contribution in [1.82, 2.24) is 9.97 Å². The van der Waals surface area contributed by atoms with Crippen molar-refractivity contribution >= 4 is 11.6 Å². The average molecular weight is 276 g/mol. The molecule has 0 aromatic carbocycles. The summed E-state index contributed by atoms with van der Waals surface area (Å²) in [5.41, 5.74) is 0. The maximum Gasteiger partial charge on any atom is 0.133 e. The van der Waals surface area contributed by atoms with Crippen LogP contribution >= 0.6 is 0 Å². The van der Waals surface area contributed by atoms with Crippen LogP contribution in [0.2, 0.25) is 0 Å². The molecule has 20 heavy (non-hydrogen) atoms. The number of rotatable bonds is 9. The van der Waals surface area contributed by atoms with Gasteiger partial charge in [0, 0.05) is 25.6 Å². The second-order valence-electron chi connectivity index (χ2n) is 5.74. The number of hydrogen-bond donors (Lipinski definition) is 2. The third-order valence-corrected chi connectivity index (χ3v) is 3.89. The Hall–Kier alpha value is -1.32. The molecule has 0 saturated heterocycles. The molecule has 0 atom stereocenters. The second-order valence-corrected chi connectivity index (χ2v) is 5.74. The van der Waals surface area contributed by atoms with Crippen LogP contribution in [0.25, 0.3) is 0 Å². The van der Waals surface area contributed by atoms with E-state index in [0.29, 0.717) is 0 Å². The minimum atomic E-state index is 0.942. The Morgan fingerprint density at radius 2 is 1.75 bits per heavy atom. The van der Waals surface area contributed by atoms with Crippen LogP contribution in [0.3, 0.4) is 0 Å². The molecule has 2 N–H and O–H groups in total. The van der Waals surface area contributed by atoms with Gasteiger partial charge in [0.05, 0.1) is 0 Å². The Kier molecular flexibility index (Phi) is 6.09. The van der Waals surface area contributed by atoms with Crippen molar-refractivity contribution in [2.24, 2.45) is 5.92 Å². The minimum Gasteiger partial charge on any atom is -0.370 e. The SMILES string of the molecule is CCCNc1cc(NCCC2CCC2)nc(CCC)n1. The summed E-state index contributed by atoms with van der Waals surface area (Å²) in [4.78, 5) is 9.18.